The molecule has 0 unspecified atom stereocenters. The van der Waals surface area contributed by atoms with Crippen molar-refractivity contribution in [3.63, 3.8) is 0 Å². The summed E-state index contributed by atoms with van der Waals surface area (Å²) in [5.41, 5.74) is 1.58. The predicted molar refractivity (Wildman–Crippen MR) is 118 cm³/mol. The maximum absolute atomic E-state index is 13.0. The summed E-state index contributed by atoms with van der Waals surface area (Å²) >= 11 is 0. The molecule has 1 aliphatic carbocycles. The molecule has 1 saturated heterocycles. The van der Waals surface area contributed by atoms with Gasteiger partial charge in [-0.3, -0.25) is 14.1 Å². The summed E-state index contributed by atoms with van der Waals surface area (Å²) in [6, 6.07) is 5.08. The van der Waals surface area contributed by atoms with Crippen LogP contribution in [0.25, 0.3) is 16.9 Å². The molecule has 3 aromatic heterocycles. The zero-order chi connectivity index (χ0) is 23.5. The molecule has 1 aliphatic heterocycles. The summed E-state index contributed by atoms with van der Waals surface area (Å²) in [5, 5.41) is 2.74. The van der Waals surface area contributed by atoms with Crippen molar-refractivity contribution in [2.45, 2.75) is 25.5 Å². The van der Waals surface area contributed by atoms with Crippen LogP contribution in [0, 0.1) is 0 Å². The molecule has 0 spiro atoms. The molecule has 9 nitrogen and oxygen atoms in total. The first-order valence-electron chi connectivity index (χ1n) is 11.2. The molecule has 2 aliphatic rings. The molecule has 4 heterocycles. The first-order chi connectivity index (χ1) is 16.6. The average Bonchev–Trinajstić information content (AvgIpc) is 3.54. The maximum atomic E-state index is 13.0. The lowest BCUT2D eigenvalue weighted by atomic mass is 10.2. The molecular weight excluding hydrogens is 448 g/mol. The van der Waals surface area contributed by atoms with Crippen LogP contribution in [0.15, 0.2) is 36.8 Å². The zero-order valence-corrected chi connectivity index (χ0v) is 18.5. The van der Waals surface area contributed by atoms with Crippen molar-refractivity contribution in [3.05, 3.63) is 42.5 Å². The van der Waals surface area contributed by atoms with Gasteiger partial charge in [0.2, 0.25) is 0 Å². The van der Waals surface area contributed by atoms with E-state index in [1.54, 1.807) is 16.8 Å². The molecule has 0 bridgehead atoms. The van der Waals surface area contributed by atoms with E-state index in [2.05, 4.69) is 24.9 Å². The highest BCUT2D eigenvalue weighted by molar-refractivity contribution is 5.95. The maximum Gasteiger partial charge on any atom is 0.387 e. The minimum absolute atomic E-state index is 0.0671. The number of alkyl halides is 2. The molecule has 11 heteroatoms. The number of amides is 1. The van der Waals surface area contributed by atoms with Gasteiger partial charge < -0.3 is 19.5 Å². The number of hydrogen-bond acceptors (Lipinski definition) is 7. The van der Waals surface area contributed by atoms with Gasteiger partial charge in [-0.15, -0.1) is 0 Å². The van der Waals surface area contributed by atoms with Gasteiger partial charge in [0.05, 0.1) is 25.1 Å². The van der Waals surface area contributed by atoms with Gasteiger partial charge in [0.15, 0.2) is 11.4 Å². The number of hydrogen-bond donors (Lipinski definition) is 1. The van der Waals surface area contributed by atoms with Crippen LogP contribution in [0.5, 0.6) is 11.5 Å². The first kappa shape index (κ1) is 22.5. The Morgan fingerprint density at radius 1 is 1.21 bits per heavy atom. The fourth-order valence-electron chi connectivity index (χ4n) is 3.81. The van der Waals surface area contributed by atoms with Crippen LogP contribution < -0.4 is 14.8 Å². The summed E-state index contributed by atoms with van der Waals surface area (Å²) < 4.78 is 43.7. The monoisotopic (exact) mass is 473 g/mol. The number of aromatic nitrogens is 3. The Hall–Kier alpha value is -3.31. The van der Waals surface area contributed by atoms with E-state index < -0.39 is 12.5 Å². The van der Waals surface area contributed by atoms with Crippen molar-refractivity contribution < 1.29 is 27.8 Å². The van der Waals surface area contributed by atoms with E-state index in [0.717, 1.165) is 45.7 Å². The highest BCUT2D eigenvalue weighted by atomic mass is 19.3. The van der Waals surface area contributed by atoms with E-state index >= 15 is 0 Å². The number of rotatable bonds is 9. The lowest BCUT2D eigenvalue weighted by Gasteiger charge is -2.26. The number of carbonyl (C=O) groups is 1. The van der Waals surface area contributed by atoms with Crippen molar-refractivity contribution in [1.29, 1.82) is 0 Å². The molecule has 1 saturated carbocycles. The fourth-order valence-corrected chi connectivity index (χ4v) is 3.81. The van der Waals surface area contributed by atoms with Crippen molar-refractivity contribution in [2.24, 2.45) is 0 Å². The highest BCUT2D eigenvalue weighted by Gasteiger charge is 2.27. The first-order valence-corrected chi connectivity index (χ1v) is 11.2. The number of carbonyl (C=O) groups excluding carboxylic acids is 1. The van der Waals surface area contributed by atoms with Gasteiger partial charge in [-0.2, -0.15) is 8.78 Å². The fraction of sp³-hybridized carbons (Fsp3) is 0.435. The quantitative estimate of drug-likeness (QED) is 0.511. The molecule has 3 aromatic rings. The number of morpholine rings is 1. The highest BCUT2D eigenvalue weighted by Crippen LogP contribution is 2.29. The van der Waals surface area contributed by atoms with Gasteiger partial charge in [0, 0.05) is 49.7 Å². The van der Waals surface area contributed by atoms with Crippen LogP contribution in [-0.4, -0.2) is 77.3 Å². The van der Waals surface area contributed by atoms with Crippen LogP contribution in [0.4, 0.5) is 8.78 Å². The van der Waals surface area contributed by atoms with E-state index in [0.29, 0.717) is 29.3 Å². The second-order valence-electron chi connectivity index (χ2n) is 8.23. The molecule has 1 amide bonds. The van der Waals surface area contributed by atoms with E-state index in [-0.39, 0.29) is 17.5 Å². The largest absolute Gasteiger partial charge is 0.492 e. The second kappa shape index (κ2) is 9.90. The number of pyridine rings is 2. The number of ether oxygens (including phenoxy) is 3. The van der Waals surface area contributed by atoms with Gasteiger partial charge in [-0.05, 0) is 25.0 Å². The van der Waals surface area contributed by atoms with Crippen molar-refractivity contribution in [1.82, 2.24) is 24.6 Å². The third-order valence-electron chi connectivity index (χ3n) is 5.76. The Morgan fingerprint density at radius 3 is 2.79 bits per heavy atom. The standard InChI is InChI=1S/C23H25F2N5O4/c24-23(25)34-19-11-15(13-27-21(19)22(31)28-16-1-2-16)18-14-26-20-12-17(3-4-30(18)20)33-10-7-29-5-8-32-9-6-29/h3-4,11-14,16,23H,1-2,5-10H2,(H,28,31). The van der Waals surface area contributed by atoms with Gasteiger partial charge in [-0.1, -0.05) is 0 Å². The van der Waals surface area contributed by atoms with Crippen LogP contribution in [0.1, 0.15) is 23.3 Å². The topological polar surface area (TPSA) is 90.2 Å². The molecule has 0 atom stereocenters. The zero-order valence-electron chi connectivity index (χ0n) is 18.5. The van der Waals surface area contributed by atoms with Gasteiger partial charge >= 0.3 is 6.61 Å². The van der Waals surface area contributed by atoms with Crippen molar-refractivity contribution in [3.8, 4) is 22.8 Å². The Morgan fingerprint density at radius 2 is 2.03 bits per heavy atom. The molecule has 5 rings (SSSR count). The molecule has 34 heavy (non-hydrogen) atoms. The summed E-state index contributed by atoms with van der Waals surface area (Å²) in [4.78, 5) is 23.2. The number of nitrogens with zero attached hydrogens (tertiary/aromatic N) is 4. The third kappa shape index (κ3) is 5.26. The predicted octanol–water partition coefficient (Wildman–Crippen LogP) is 2.60. The minimum Gasteiger partial charge on any atom is -0.492 e. The summed E-state index contributed by atoms with van der Waals surface area (Å²) in [5.74, 6) is -0.116. The molecule has 180 valence electrons. The number of halogens is 2. The Kier molecular flexibility index (Phi) is 6.54. The van der Waals surface area contributed by atoms with Crippen LogP contribution in [-0.2, 0) is 4.74 Å². The van der Waals surface area contributed by atoms with E-state index in [9.17, 15) is 13.6 Å². The van der Waals surface area contributed by atoms with Gasteiger partial charge in [0.25, 0.3) is 5.91 Å². The Balaban J connectivity index is 1.33. The second-order valence-corrected chi connectivity index (χ2v) is 8.23. The summed E-state index contributed by atoms with van der Waals surface area (Å²) in [7, 11) is 0. The molecule has 2 fully saturated rings. The normalized spacial score (nSPS) is 16.7. The Labute approximate surface area is 194 Å². The SMILES string of the molecule is O=C(NC1CC1)c1ncc(-c2cnc3cc(OCCN4CCOCC4)ccn23)cc1OC(F)F. The number of imidazole rings is 1. The van der Waals surface area contributed by atoms with Crippen LogP contribution in [0.3, 0.4) is 0 Å². The molecule has 0 radical (unpaired) electrons. The lowest BCUT2D eigenvalue weighted by molar-refractivity contribution is -0.0503. The van der Waals surface area contributed by atoms with Gasteiger partial charge in [0.1, 0.15) is 18.0 Å². The molecular formula is C23H25F2N5O4. The summed E-state index contributed by atoms with van der Waals surface area (Å²) in [6.45, 7) is 1.57. The minimum atomic E-state index is -3.08. The van der Waals surface area contributed by atoms with Crippen LogP contribution in [0.2, 0.25) is 0 Å². The lowest BCUT2D eigenvalue weighted by Crippen LogP contribution is -2.38. The summed E-state index contributed by atoms with van der Waals surface area (Å²) in [6.07, 6.45) is 6.60. The number of nitrogens with one attached hydrogen (secondary N) is 1. The van der Waals surface area contributed by atoms with E-state index in [1.165, 1.54) is 12.3 Å². The average molecular weight is 473 g/mol. The molecule has 1 N–H and O–H groups in total. The van der Waals surface area contributed by atoms with E-state index in [4.69, 9.17) is 9.47 Å². The third-order valence-corrected chi connectivity index (χ3v) is 5.76. The van der Waals surface area contributed by atoms with Crippen LogP contribution >= 0.6 is 0 Å². The smallest absolute Gasteiger partial charge is 0.387 e. The molecule has 0 aromatic carbocycles. The van der Waals surface area contributed by atoms with Gasteiger partial charge in [-0.25, -0.2) is 9.97 Å². The van der Waals surface area contributed by atoms with Crippen molar-refractivity contribution >= 4 is 11.6 Å². The Bertz CT molecular complexity index is 1160. The van der Waals surface area contributed by atoms with E-state index in [1.807, 2.05) is 12.1 Å². The number of fused-ring (bicyclic) bond motifs is 1. The van der Waals surface area contributed by atoms with Crippen molar-refractivity contribution in [2.75, 3.05) is 39.5 Å².